The Balaban J connectivity index is 0.000000237. The Labute approximate surface area is 232 Å². The topological polar surface area (TPSA) is 182 Å². The second kappa shape index (κ2) is 10.8. The number of methoxy groups -OCH3 is 1. The Morgan fingerprint density at radius 3 is 2.27 bits per heavy atom. The molecule has 13 heteroatoms. The molecule has 1 aliphatic carbocycles. The van der Waals surface area contributed by atoms with Crippen LogP contribution in [-0.2, 0) is 0 Å². The first kappa shape index (κ1) is 28.0. The molecule has 3 aliphatic rings. The zero-order valence-corrected chi connectivity index (χ0v) is 22.1. The number of nitrogens with zero attached hydrogens (tertiary/aromatic N) is 2. The second-order valence-corrected chi connectivity index (χ2v) is 10.5. The van der Waals surface area contributed by atoms with Gasteiger partial charge in [-0.25, -0.2) is 14.0 Å². The van der Waals surface area contributed by atoms with Gasteiger partial charge in [-0.05, 0) is 56.3 Å². The first-order valence-corrected chi connectivity index (χ1v) is 13.2. The Bertz CT molecular complexity index is 1560. The predicted octanol–water partition coefficient (Wildman–Crippen LogP) is 2.87. The number of pyridine rings is 1. The van der Waals surface area contributed by atoms with E-state index in [1.165, 1.54) is 19.4 Å². The highest BCUT2D eigenvalue weighted by Gasteiger charge is 2.38. The van der Waals surface area contributed by atoms with Gasteiger partial charge in [0.15, 0.2) is 28.8 Å². The van der Waals surface area contributed by atoms with E-state index in [0.717, 1.165) is 50.9 Å². The highest BCUT2D eigenvalue weighted by molar-refractivity contribution is 5.97. The third-order valence-corrected chi connectivity index (χ3v) is 7.81. The van der Waals surface area contributed by atoms with E-state index in [4.69, 9.17) is 25.2 Å². The molecule has 6 rings (SSSR count). The first-order chi connectivity index (χ1) is 19.5. The number of carboxylic acids is 2. The number of nitrogens with one attached hydrogen (secondary N) is 1. The Morgan fingerprint density at radius 2 is 1.71 bits per heavy atom. The molecule has 6 N–H and O–H groups in total. The monoisotopic (exact) mass is 571 g/mol. The molecule has 2 saturated heterocycles. The van der Waals surface area contributed by atoms with Crippen LogP contribution in [0, 0.1) is 11.7 Å². The van der Waals surface area contributed by atoms with Gasteiger partial charge in [-0.2, -0.15) is 0 Å². The van der Waals surface area contributed by atoms with E-state index >= 15 is 4.39 Å². The van der Waals surface area contributed by atoms with Crippen molar-refractivity contribution in [3.63, 3.8) is 0 Å². The van der Waals surface area contributed by atoms with Crippen molar-refractivity contribution in [1.82, 2.24) is 9.88 Å². The fourth-order valence-corrected chi connectivity index (χ4v) is 5.68. The average molecular weight is 572 g/mol. The van der Waals surface area contributed by atoms with Gasteiger partial charge in [0.05, 0.1) is 23.6 Å². The number of fused-ring (bicyclic) bond motifs is 2. The van der Waals surface area contributed by atoms with E-state index < -0.39 is 40.4 Å². The number of carbonyl (C=O) groups is 2. The lowest BCUT2D eigenvalue weighted by Crippen LogP contribution is -2.40. The molecule has 2 aromatic carbocycles. The van der Waals surface area contributed by atoms with Crippen molar-refractivity contribution >= 4 is 28.5 Å². The minimum atomic E-state index is -1.30. The molecule has 0 amide bonds. The summed E-state index contributed by atoms with van der Waals surface area (Å²) in [6.45, 7) is 2.40. The number of carboxylic acid groups (broad SMARTS) is 2. The van der Waals surface area contributed by atoms with E-state index in [9.17, 15) is 19.5 Å². The molecule has 12 nitrogen and oxygen atoms in total. The molecule has 0 radical (unpaired) electrons. The van der Waals surface area contributed by atoms with E-state index in [1.807, 2.05) is 4.90 Å². The van der Waals surface area contributed by atoms with Crippen LogP contribution in [0.25, 0.3) is 10.9 Å². The van der Waals surface area contributed by atoms with Crippen molar-refractivity contribution in [3.05, 3.63) is 51.6 Å². The number of hydrogen-bond acceptors (Lipinski definition) is 9. The summed E-state index contributed by atoms with van der Waals surface area (Å²) < 4.78 is 22.8. The van der Waals surface area contributed by atoms with Gasteiger partial charge in [0.2, 0.25) is 5.43 Å². The predicted molar refractivity (Wildman–Crippen MR) is 145 cm³/mol. The van der Waals surface area contributed by atoms with Crippen LogP contribution in [-0.4, -0.2) is 74.8 Å². The summed E-state index contributed by atoms with van der Waals surface area (Å²) in [7, 11) is 1.48. The van der Waals surface area contributed by atoms with Crippen molar-refractivity contribution in [3.8, 4) is 23.0 Å². The van der Waals surface area contributed by atoms with Gasteiger partial charge in [-0.1, -0.05) is 0 Å². The largest absolute Gasteiger partial charge is 0.504 e. The van der Waals surface area contributed by atoms with Crippen LogP contribution in [0.1, 0.15) is 52.4 Å². The van der Waals surface area contributed by atoms with E-state index in [0.29, 0.717) is 35.5 Å². The molecule has 3 aromatic rings. The van der Waals surface area contributed by atoms with Crippen LogP contribution in [0.2, 0.25) is 0 Å². The lowest BCUT2D eigenvalue weighted by atomic mass is 9.94. The molecule has 41 heavy (non-hydrogen) atoms. The highest BCUT2D eigenvalue weighted by Crippen LogP contribution is 2.45. The zero-order valence-electron chi connectivity index (χ0n) is 22.1. The molecular formula is C28H30FN3O9. The van der Waals surface area contributed by atoms with E-state index in [2.05, 4.69) is 5.32 Å². The summed E-state index contributed by atoms with van der Waals surface area (Å²) >= 11 is 0. The molecule has 2 atom stereocenters. The number of ether oxygens (including phenoxy) is 1. The first-order valence-electron chi connectivity index (χ1n) is 13.2. The number of phenols is 3. The summed E-state index contributed by atoms with van der Waals surface area (Å²) in [5.74, 6) is -4.40. The highest BCUT2D eigenvalue weighted by atomic mass is 19.1. The van der Waals surface area contributed by atoms with E-state index in [1.54, 1.807) is 4.57 Å². The molecule has 0 unspecified atom stereocenters. The normalized spacial score (nSPS) is 19.8. The standard InChI is InChI=1S/C21H24FN3O4.C7H6O5/c1-29-20-17-13(19(26)14(21(27)28)9-25(17)12-4-5-12)7-15(22)18(20)24-8-11-3-2-6-23-16(11)10-24;8-4-1-3(7(11)12)2-5(9)6(4)10/h7,9,11-12,16,23H,2-6,8,10H2,1H3,(H,27,28);1-2,8-10H,(H,11,12)/t11-,16+;/m0./s1. The lowest BCUT2D eigenvalue weighted by Gasteiger charge is -2.25. The number of halogens is 1. The number of aromatic hydroxyl groups is 3. The van der Waals surface area contributed by atoms with Gasteiger partial charge < -0.3 is 45.1 Å². The molecule has 0 bridgehead atoms. The molecule has 218 valence electrons. The van der Waals surface area contributed by atoms with Crippen molar-refractivity contribution in [2.24, 2.45) is 5.92 Å². The van der Waals surface area contributed by atoms with Crippen LogP contribution < -0.4 is 20.4 Å². The van der Waals surface area contributed by atoms with Crippen LogP contribution in [0.3, 0.4) is 0 Å². The SMILES string of the molecule is COc1c(N2C[C@@H]3CCCN[C@@H]3C2)c(F)cc2c(=O)c(C(=O)O)cn(C3CC3)c12.O=C(O)c1cc(O)c(O)c(O)c1. The number of anilines is 1. The van der Waals surface area contributed by atoms with Crippen LogP contribution in [0.15, 0.2) is 29.2 Å². The van der Waals surface area contributed by atoms with Gasteiger partial charge in [-0.3, -0.25) is 4.79 Å². The maximum atomic E-state index is 15.3. The molecule has 0 spiro atoms. The fourth-order valence-electron chi connectivity index (χ4n) is 5.68. The summed E-state index contributed by atoms with van der Waals surface area (Å²) in [5.41, 5.74) is -0.444. The van der Waals surface area contributed by atoms with Gasteiger partial charge in [0, 0.05) is 31.4 Å². The van der Waals surface area contributed by atoms with Crippen LogP contribution >= 0.6 is 0 Å². The summed E-state index contributed by atoms with van der Waals surface area (Å²) in [4.78, 5) is 36.7. The van der Waals surface area contributed by atoms with Gasteiger partial charge in [0.25, 0.3) is 0 Å². The van der Waals surface area contributed by atoms with Gasteiger partial charge >= 0.3 is 11.9 Å². The summed E-state index contributed by atoms with van der Waals surface area (Å²) in [5, 5.41) is 48.0. The molecule has 3 heterocycles. The van der Waals surface area contributed by atoms with Gasteiger partial charge in [-0.15, -0.1) is 0 Å². The average Bonchev–Trinajstić information content (AvgIpc) is 3.69. The van der Waals surface area contributed by atoms with Gasteiger partial charge in [0.1, 0.15) is 11.3 Å². The molecule has 1 aromatic heterocycles. The number of benzene rings is 2. The number of phenolic OH excluding ortho intramolecular Hbond substituents is 3. The minimum Gasteiger partial charge on any atom is -0.504 e. The molecule has 3 fully saturated rings. The Kier molecular flexibility index (Phi) is 7.39. The summed E-state index contributed by atoms with van der Waals surface area (Å²) in [6, 6.07) is 3.31. The van der Waals surface area contributed by atoms with Crippen LogP contribution in [0.4, 0.5) is 10.1 Å². The molecule has 1 saturated carbocycles. The number of rotatable bonds is 5. The number of aromatic nitrogens is 1. The summed E-state index contributed by atoms with van der Waals surface area (Å²) in [6.07, 6.45) is 5.40. The smallest absolute Gasteiger partial charge is 0.341 e. The molecule has 2 aliphatic heterocycles. The quantitative estimate of drug-likeness (QED) is 0.248. The minimum absolute atomic E-state index is 0.0599. The molecular weight excluding hydrogens is 541 g/mol. The van der Waals surface area contributed by atoms with Crippen molar-refractivity contribution in [1.29, 1.82) is 0 Å². The third-order valence-electron chi connectivity index (χ3n) is 7.81. The number of aromatic carboxylic acids is 2. The van der Waals surface area contributed by atoms with Crippen molar-refractivity contribution < 1.29 is 44.2 Å². The fraction of sp³-hybridized carbons (Fsp3) is 0.393. The van der Waals surface area contributed by atoms with E-state index in [-0.39, 0.29) is 22.6 Å². The van der Waals surface area contributed by atoms with Crippen molar-refractivity contribution in [2.75, 3.05) is 31.6 Å². The number of piperidine rings is 1. The van der Waals surface area contributed by atoms with Crippen molar-refractivity contribution in [2.45, 2.75) is 37.8 Å². The Morgan fingerprint density at radius 1 is 1.02 bits per heavy atom. The zero-order chi connectivity index (χ0) is 29.6. The second-order valence-electron chi connectivity index (χ2n) is 10.5. The maximum Gasteiger partial charge on any atom is 0.341 e. The Hall–Kier alpha value is -4.52. The number of hydrogen-bond donors (Lipinski definition) is 6. The lowest BCUT2D eigenvalue weighted by molar-refractivity contribution is 0.0684. The van der Waals surface area contributed by atoms with Crippen LogP contribution in [0.5, 0.6) is 23.0 Å². The third kappa shape index (κ3) is 5.20. The maximum absolute atomic E-state index is 15.3.